The van der Waals surface area contributed by atoms with Crippen LogP contribution in [0.5, 0.6) is 5.75 Å². The van der Waals surface area contributed by atoms with Crippen molar-refractivity contribution in [1.29, 1.82) is 0 Å². The van der Waals surface area contributed by atoms with Gasteiger partial charge in [0.1, 0.15) is 5.75 Å². The van der Waals surface area contributed by atoms with Gasteiger partial charge in [-0.2, -0.15) is 0 Å². The SMILES string of the molecule is COc1ccc(C=[O+][C@@H](C)[C@H](C)O/C(O)=C/c2ccccc2)cc1. The van der Waals surface area contributed by atoms with E-state index < -0.39 is 0 Å². The predicted molar refractivity (Wildman–Crippen MR) is 95.4 cm³/mol. The number of aldehydes is 1. The summed E-state index contributed by atoms with van der Waals surface area (Å²) in [4.78, 5) is 0. The lowest BCUT2D eigenvalue weighted by molar-refractivity contribution is -0.340. The van der Waals surface area contributed by atoms with Gasteiger partial charge in [-0.25, -0.2) is 0 Å². The Morgan fingerprint density at radius 2 is 1.67 bits per heavy atom. The van der Waals surface area contributed by atoms with E-state index in [2.05, 4.69) is 0 Å². The molecule has 4 heteroatoms. The van der Waals surface area contributed by atoms with Gasteiger partial charge in [-0.3, -0.25) is 4.42 Å². The highest BCUT2D eigenvalue weighted by molar-refractivity contribution is 5.75. The first-order chi connectivity index (χ1) is 11.6. The van der Waals surface area contributed by atoms with Crippen molar-refractivity contribution in [3.05, 3.63) is 71.7 Å². The first-order valence-electron chi connectivity index (χ1n) is 7.83. The number of hydrogen-bond donors (Lipinski definition) is 1. The van der Waals surface area contributed by atoms with Crippen LogP contribution in [0.2, 0.25) is 0 Å². The summed E-state index contributed by atoms with van der Waals surface area (Å²) in [6.45, 7) is 3.74. The molecule has 1 N–H and O–H groups in total. The molecule has 0 spiro atoms. The Kier molecular flexibility index (Phi) is 6.43. The molecular formula is C20H23O4+. The van der Waals surface area contributed by atoms with Crippen LogP contribution in [0.1, 0.15) is 29.4 Å². The molecule has 2 rings (SSSR count). The fourth-order valence-electron chi connectivity index (χ4n) is 1.99. The minimum atomic E-state index is -0.306. The Morgan fingerprint density at radius 3 is 2.29 bits per heavy atom. The Morgan fingerprint density at radius 1 is 1.00 bits per heavy atom. The Hall–Kier alpha value is -2.75. The molecule has 0 saturated heterocycles. The molecule has 0 aliphatic heterocycles. The van der Waals surface area contributed by atoms with Crippen molar-refractivity contribution in [3.63, 3.8) is 0 Å². The Balaban J connectivity index is 1.92. The van der Waals surface area contributed by atoms with Gasteiger partial charge < -0.3 is 14.6 Å². The van der Waals surface area contributed by atoms with Gasteiger partial charge in [-0.15, -0.1) is 0 Å². The van der Waals surface area contributed by atoms with Gasteiger partial charge in [0.2, 0.25) is 0 Å². The number of benzene rings is 2. The molecule has 0 heterocycles. The summed E-state index contributed by atoms with van der Waals surface area (Å²) in [6.07, 6.45) is 2.72. The van der Waals surface area contributed by atoms with Gasteiger partial charge in [-0.05, 0) is 36.8 Å². The molecule has 0 aromatic heterocycles. The molecule has 0 aliphatic carbocycles. The first kappa shape index (κ1) is 17.6. The van der Waals surface area contributed by atoms with Crippen LogP contribution in [0, 0.1) is 0 Å². The third-order valence-corrected chi connectivity index (χ3v) is 3.59. The second-order valence-electron chi connectivity index (χ2n) is 5.45. The maximum absolute atomic E-state index is 9.92. The summed E-state index contributed by atoms with van der Waals surface area (Å²) >= 11 is 0. The highest BCUT2D eigenvalue weighted by Gasteiger charge is 2.22. The van der Waals surface area contributed by atoms with Crippen LogP contribution in [0.4, 0.5) is 0 Å². The molecule has 0 fully saturated rings. The van der Waals surface area contributed by atoms with E-state index in [1.807, 2.05) is 68.4 Å². The zero-order valence-electron chi connectivity index (χ0n) is 14.2. The number of carbonyl (C=O) groups excluding carboxylic acids is 1. The third kappa shape index (κ3) is 5.47. The molecule has 2 atom stereocenters. The maximum Gasteiger partial charge on any atom is 0.316 e. The quantitative estimate of drug-likeness (QED) is 0.466. The van der Waals surface area contributed by atoms with E-state index in [0.29, 0.717) is 0 Å². The van der Waals surface area contributed by atoms with Crippen molar-refractivity contribution in [1.82, 2.24) is 0 Å². The van der Waals surface area contributed by atoms with Crippen LogP contribution >= 0.6 is 0 Å². The smallest absolute Gasteiger partial charge is 0.316 e. The molecule has 2 aromatic carbocycles. The van der Waals surface area contributed by atoms with Gasteiger partial charge in [0, 0.05) is 13.0 Å². The molecule has 0 aliphatic rings. The highest BCUT2D eigenvalue weighted by Crippen LogP contribution is 2.12. The van der Waals surface area contributed by atoms with Crippen molar-refractivity contribution < 1.29 is 19.0 Å². The number of ether oxygens (including phenoxy) is 2. The van der Waals surface area contributed by atoms with Crippen LogP contribution in [-0.4, -0.2) is 30.7 Å². The lowest BCUT2D eigenvalue weighted by Crippen LogP contribution is -2.22. The molecule has 0 amide bonds. The Bertz CT molecular complexity index is 675. The molecule has 126 valence electrons. The minimum absolute atomic E-state index is 0.131. The fourth-order valence-corrected chi connectivity index (χ4v) is 1.99. The summed E-state index contributed by atoms with van der Waals surface area (Å²) in [5.41, 5.74) is 1.81. The second kappa shape index (κ2) is 8.77. The monoisotopic (exact) mass is 327 g/mol. The van der Waals surface area contributed by atoms with Gasteiger partial charge in [0.15, 0.2) is 6.10 Å². The number of methoxy groups -OCH3 is 1. The molecule has 0 saturated carbocycles. The summed E-state index contributed by atoms with van der Waals surface area (Å²) < 4.78 is 16.3. The number of aliphatic hydroxyl groups is 1. The van der Waals surface area contributed by atoms with Gasteiger partial charge in [0.05, 0.1) is 12.7 Å². The molecule has 0 bridgehead atoms. The largest absolute Gasteiger partial charge is 0.497 e. The van der Waals surface area contributed by atoms with Gasteiger partial charge in [-0.1, -0.05) is 30.3 Å². The van der Waals surface area contributed by atoms with Gasteiger partial charge >= 0.3 is 12.4 Å². The van der Waals surface area contributed by atoms with E-state index in [1.54, 1.807) is 19.5 Å². The average Bonchev–Trinajstić information content (AvgIpc) is 2.60. The lowest BCUT2D eigenvalue weighted by Gasteiger charge is -2.11. The van der Waals surface area contributed by atoms with Crippen molar-refractivity contribution >= 4 is 12.4 Å². The topological polar surface area (TPSA) is 50.0 Å². The fraction of sp³-hybridized carbons (Fsp3) is 0.250. The highest BCUT2D eigenvalue weighted by atomic mass is 16.6. The van der Waals surface area contributed by atoms with E-state index in [1.165, 1.54) is 0 Å². The van der Waals surface area contributed by atoms with E-state index in [9.17, 15) is 5.11 Å². The normalized spacial score (nSPS) is 14.4. The van der Waals surface area contributed by atoms with E-state index in [0.717, 1.165) is 16.9 Å². The van der Waals surface area contributed by atoms with Crippen LogP contribution in [-0.2, 0) is 4.74 Å². The van der Waals surface area contributed by atoms with E-state index in [4.69, 9.17) is 13.9 Å². The number of rotatable bonds is 7. The van der Waals surface area contributed by atoms with Crippen LogP contribution in [0.3, 0.4) is 0 Å². The van der Waals surface area contributed by atoms with Crippen molar-refractivity contribution in [2.24, 2.45) is 0 Å². The number of aliphatic hydroxyl groups excluding tert-OH is 1. The summed E-state index contributed by atoms with van der Waals surface area (Å²) in [5, 5.41) is 9.92. The molecule has 4 nitrogen and oxygen atoms in total. The molecular weight excluding hydrogens is 304 g/mol. The second-order valence-corrected chi connectivity index (χ2v) is 5.45. The molecule has 24 heavy (non-hydrogen) atoms. The molecule has 0 radical (unpaired) electrons. The van der Waals surface area contributed by atoms with Crippen molar-refractivity contribution in [2.45, 2.75) is 26.1 Å². The van der Waals surface area contributed by atoms with E-state index in [-0.39, 0.29) is 18.2 Å². The number of hydrogen-bond acceptors (Lipinski definition) is 3. The van der Waals surface area contributed by atoms with E-state index >= 15 is 0 Å². The molecule has 0 unspecified atom stereocenters. The average molecular weight is 327 g/mol. The minimum Gasteiger partial charge on any atom is -0.497 e. The maximum atomic E-state index is 9.92. The van der Waals surface area contributed by atoms with Crippen LogP contribution < -0.4 is 4.74 Å². The molecule has 2 aromatic rings. The van der Waals surface area contributed by atoms with Gasteiger partial charge in [0.25, 0.3) is 5.95 Å². The zero-order valence-corrected chi connectivity index (χ0v) is 14.2. The summed E-state index contributed by atoms with van der Waals surface area (Å²) in [7, 11) is 1.63. The first-order valence-corrected chi connectivity index (χ1v) is 7.83. The zero-order chi connectivity index (χ0) is 17.4. The standard InChI is InChI=1S/C20H22O4/c1-15(23-14-18-9-11-19(22-3)12-10-18)16(2)24-20(21)13-17-7-5-4-6-8-17/h4-16H,1-3H3/p+1/b20-13+/t15-,16-/m0/s1. The Labute approximate surface area is 142 Å². The van der Waals surface area contributed by atoms with Crippen molar-refractivity contribution in [3.8, 4) is 5.75 Å². The lowest BCUT2D eigenvalue weighted by atomic mass is 10.2. The third-order valence-electron chi connectivity index (χ3n) is 3.59. The summed E-state index contributed by atoms with van der Waals surface area (Å²) in [5.74, 6) is 0.668. The van der Waals surface area contributed by atoms with Crippen molar-refractivity contribution in [2.75, 3.05) is 7.11 Å². The summed E-state index contributed by atoms with van der Waals surface area (Å²) in [6, 6.07) is 17.1. The predicted octanol–water partition coefficient (Wildman–Crippen LogP) is 4.39. The van der Waals surface area contributed by atoms with Crippen LogP contribution in [0.15, 0.2) is 60.5 Å². The van der Waals surface area contributed by atoms with Crippen LogP contribution in [0.25, 0.3) is 6.08 Å².